The van der Waals surface area contributed by atoms with Crippen LogP contribution in [-0.2, 0) is 9.53 Å². The molecule has 5 heteroatoms. The van der Waals surface area contributed by atoms with Crippen LogP contribution in [0.2, 0.25) is 0 Å². The van der Waals surface area contributed by atoms with Crippen LogP contribution in [0.4, 0.5) is 0 Å². The SMILES string of the molecule is COC(=O)C1=C(C)NC2=C(C(=O)c3ccccc32)[C@H]1c1cc(-c2ccccc2)n(-c2ccccc2)c1-c1ccccc1. The highest BCUT2D eigenvalue weighted by molar-refractivity contribution is 6.23. The van der Waals surface area contributed by atoms with E-state index in [2.05, 4.69) is 52.3 Å². The number of benzene rings is 4. The van der Waals surface area contributed by atoms with Crippen molar-refractivity contribution in [2.75, 3.05) is 7.11 Å². The molecule has 4 aromatic carbocycles. The molecule has 0 saturated heterocycles. The highest BCUT2D eigenvalue weighted by Gasteiger charge is 2.44. The summed E-state index contributed by atoms with van der Waals surface area (Å²) in [6.45, 7) is 1.88. The Bertz CT molecular complexity index is 1920. The minimum absolute atomic E-state index is 0.0836. The average Bonchev–Trinajstić information content (AvgIpc) is 3.57. The average molecular weight is 549 g/mol. The molecule has 2 aliphatic rings. The van der Waals surface area contributed by atoms with Gasteiger partial charge in [0, 0.05) is 28.1 Å². The smallest absolute Gasteiger partial charge is 0.336 e. The molecular formula is C37H28N2O3. The minimum Gasteiger partial charge on any atom is -0.466 e. The maximum Gasteiger partial charge on any atom is 0.336 e. The molecule has 2 heterocycles. The molecule has 5 nitrogen and oxygen atoms in total. The molecule has 204 valence electrons. The minimum atomic E-state index is -0.656. The first-order valence-electron chi connectivity index (χ1n) is 13.9. The summed E-state index contributed by atoms with van der Waals surface area (Å²) in [6.07, 6.45) is 0. The summed E-state index contributed by atoms with van der Waals surface area (Å²) in [4.78, 5) is 27.7. The highest BCUT2D eigenvalue weighted by atomic mass is 16.5. The zero-order valence-corrected chi connectivity index (χ0v) is 23.3. The van der Waals surface area contributed by atoms with Crippen LogP contribution >= 0.6 is 0 Å². The van der Waals surface area contributed by atoms with Gasteiger partial charge in [0.05, 0.1) is 35.7 Å². The van der Waals surface area contributed by atoms with Crippen LogP contribution in [0.3, 0.4) is 0 Å². The molecule has 0 radical (unpaired) electrons. The molecule has 0 spiro atoms. The second-order valence-corrected chi connectivity index (χ2v) is 10.5. The van der Waals surface area contributed by atoms with Crippen molar-refractivity contribution in [2.24, 2.45) is 0 Å². The van der Waals surface area contributed by atoms with E-state index in [-0.39, 0.29) is 5.78 Å². The molecule has 42 heavy (non-hydrogen) atoms. The maximum absolute atomic E-state index is 14.2. The Balaban J connectivity index is 1.60. The number of nitrogens with zero attached hydrogens (tertiary/aromatic N) is 1. The number of rotatable bonds is 5. The Morgan fingerprint density at radius 1 is 0.762 bits per heavy atom. The van der Waals surface area contributed by atoms with Crippen LogP contribution in [0.15, 0.2) is 138 Å². The van der Waals surface area contributed by atoms with Gasteiger partial charge in [-0.25, -0.2) is 4.79 Å². The fourth-order valence-electron chi connectivity index (χ4n) is 6.33. The normalized spacial score (nSPS) is 15.8. The number of carbonyl (C=O) groups excluding carboxylic acids is 2. The maximum atomic E-state index is 14.2. The van der Waals surface area contributed by atoms with E-state index in [1.54, 1.807) is 0 Å². The molecule has 1 atom stereocenters. The third-order valence-corrected chi connectivity index (χ3v) is 8.13. The van der Waals surface area contributed by atoms with Crippen LogP contribution in [0.25, 0.3) is 33.9 Å². The number of nitrogens with one attached hydrogen (secondary N) is 1. The van der Waals surface area contributed by atoms with E-state index in [1.807, 2.05) is 85.8 Å². The number of dihydropyridines is 1. The Hall–Kier alpha value is -5.42. The number of carbonyl (C=O) groups is 2. The third kappa shape index (κ3) is 3.93. The first-order chi connectivity index (χ1) is 20.6. The van der Waals surface area contributed by atoms with Gasteiger partial charge in [0.25, 0.3) is 0 Å². The van der Waals surface area contributed by atoms with Crippen LogP contribution in [0, 0.1) is 0 Å². The Labute approximate surface area is 244 Å². The van der Waals surface area contributed by atoms with Gasteiger partial charge in [-0.2, -0.15) is 0 Å². The van der Waals surface area contributed by atoms with Gasteiger partial charge in [0.15, 0.2) is 5.78 Å². The molecule has 7 rings (SSSR count). The summed E-state index contributed by atoms with van der Waals surface area (Å²) >= 11 is 0. The highest BCUT2D eigenvalue weighted by Crippen LogP contribution is 2.51. The van der Waals surface area contributed by atoms with Gasteiger partial charge in [-0.15, -0.1) is 0 Å². The Morgan fingerprint density at radius 3 is 1.98 bits per heavy atom. The van der Waals surface area contributed by atoms with Crippen molar-refractivity contribution in [2.45, 2.75) is 12.8 Å². The number of para-hydroxylation sites is 1. The van der Waals surface area contributed by atoms with Crippen molar-refractivity contribution in [1.82, 2.24) is 9.88 Å². The van der Waals surface area contributed by atoms with E-state index in [1.165, 1.54) is 7.11 Å². The number of esters is 1. The summed E-state index contributed by atoms with van der Waals surface area (Å²) in [5, 5.41) is 3.40. The van der Waals surface area contributed by atoms with Crippen LogP contribution in [0.1, 0.15) is 34.3 Å². The molecule has 0 amide bonds. The number of fused-ring (bicyclic) bond motifs is 2. The zero-order chi connectivity index (χ0) is 28.8. The van der Waals surface area contributed by atoms with Gasteiger partial charge < -0.3 is 14.6 Å². The summed E-state index contributed by atoms with van der Waals surface area (Å²) in [6, 6.07) is 40.3. The number of hydrogen-bond acceptors (Lipinski definition) is 4. The number of methoxy groups -OCH3 is 1. The molecule has 1 aliphatic carbocycles. The second-order valence-electron chi connectivity index (χ2n) is 10.5. The first-order valence-corrected chi connectivity index (χ1v) is 13.9. The molecule has 1 N–H and O–H groups in total. The van der Waals surface area contributed by atoms with Crippen LogP contribution in [0.5, 0.6) is 0 Å². The van der Waals surface area contributed by atoms with E-state index < -0.39 is 11.9 Å². The predicted octanol–water partition coefficient (Wildman–Crippen LogP) is 7.55. The summed E-state index contributed by atoms with van der Waals surface area (Å²) in [5.41, 5.74) is 9.59. The third-order valence-electron chi connectivity index (χ3n) is 8.13. The summed E-state index contributed by atoms with van der Waals surface area (Å²) in [7, 11) is 1.39. The molecular weight excluding hydrogens is 520 g/mol. The van der Waals surface area contributed by atoms with Crippen LogP contribution in [-0.4, -0.2) is 23.4 Å². The van der Waals surface area contributed by atoms with Crippen LogP contribution < -0.4 is 5.32 Å². The van der Waals surface area contributed by atoms with Gasteiger partial charge in [-0.3, -0.25) is 4.79 Å². The van der Waals surface area contributed by atoms with Gasteiger partial charge in [0.2, 0.25) is 0 Å². The van der Waals surface area contributed by atoms with Crippen molar-refractivity contribution in [3.8, 4) is 28.2 Å². The topological polar surface area (TPSA) is 60.3 Å². The molecule has 5 aromatic rings. The second kappa shape index (κ2) is 10.2. The molecule has 0 saturated carbocycles. The number of Topliss-reactive ketones (excluding diaryl/α,β-unsaturated/α-hetero) is 1. The van der Waals surface area contributed by atoms with E-state index in [0.29, 0.717) is 22.4 Å². The summed E-state index contributed by atoms with van der Waals surface area (Å²) < 4.78 is 7.58. The predicted molar refractivity (Wildman–Crippen MR) is 165 cm³/mol. The lowest BCUT2D eigenvalue weighted by Gasteiger charge is -2.29. The number of aromatic nitrogens is 1. The van der Waals surface area contributed by atoms with Gasteiger partial charge in [0.1, 0.15) is 0 Å². The number of ketones is 1. The zero-order valence-electron chi connectivity index (χ0n) is 23.3. The largest absolute Gasteiger partial charge is 0.466 e. The van der Waals surface area contributed by atoms with E-state index in [9.17, 15) is 9.59 Å². The number of hydrogen-bond donors (Lipinski definition) is 1. The van der Waals surface area contributed by atoms with Gasteiger partial charge in [-0.1, -0.05) is 103 Å². The lowest BCUT2D eigenvalue weighted by atomic mass is 9.79. The molecule has 0 fully saturated rings. The van der Waals surface area contributed by atoms with Gasteiger partial charge >= 0.3 is 5.97 Å². The lowest BCUT2D eigenvalue weighted by molar-refractivity contribution is -0.136. The van der Waals surface area contributed by atoms with Crippen molar-refractivity contribution in [1.29, 1.82) is 0 Å². The van der Waals surface area contributed by atoms with Crippen molar-refractivity contribution >= 4 is 17.4 Å². The summed E-state index contributed by atoms with van der Waals surface area (Å²) in [5.74, 6) is -1.20. The van der Waals surface area contributed by atoms with E-state index in [0.717, 1.165) is 45.0 Å². The quantitative estimate of drug-likeness (QED) is 0.230. The molecule has 1 aromatic heterocycles. The fourth-order valence-corrected chi connectivity index (χ4v) is 6.33. The number of ether oxygens (including phenoxy) is 1. The van der Waals surface area contributed by atoms with Gasteiger partial charge in [-0.05, 0) is 41.8 Å². The van der Waals surface area contributed by atoms with E-state index in [4.69, 9.17) is 4.74 Å². The monoisotopic (exact) mass is 548 g/mol. The molecule has 0 unspecified atom stereocenters. The van der Waals surface area contributed by atoms with E-state index >= 15 is 0 Å². The fraction of sp³-hybridized carbons (Fsp3) is 0.0811. The molecule has 1 aliphatic heterocycles. The van der Waals surface area contributed by atoms with Crippen molar-refractivity contribution in [3.63, 3.8) is 0 Å². The number of allylic oxidation sites excluding steroid dienone is 2. The van der Waals surface area contributed by atoms with Crippen molar-refractivity contribution < 1.29 is 14.3 Å². The standard InChI is InChI=1S/C37H28N2O3/c1-23-31(37(41)42-2)32(33-34(38-23)27-20-12-13-21-28(27)36(33)40)29-22-30(24-14-6-3-7-15-24)39(26-18-10-5-11-19-26)35(29)25-16-8-4-9-17-25/h3-22,32,38H,1-2H3/t32-/m0/s1. The van der Waals surface area contributed by atoms with Crippen molar-refractivity contribution in [3.05, 3.63) is 155 Å². The Morgan fingerprint density at radius 2 is 1.33 bits per heavy atom. The first kappa shape index (κ1) is 25.5. The Kier molecular flexibility index (Phi) is 6.20. The molecule has 0 bridgehead atoms. The lowest BCUT2D eigenvalue weighted by Crippen LogP contribution is -2.29.